The van der Waals surface area contributed by atoms with Crippen LogP contribution in [-0.2, 0) is 14.6 Å². The van der Waals surface area contributed by atoms with Crippen LogP contribution in [0.5, 0.6) is 5.75 Å². The predicted octanol–water partition coefficient (Wildman–Crippen LogP) is 2.12. The molecule has 0 spiro atoms. The molecule has 0 fully saturated rings. The molecule has 7 heteroatoms. The highest BCUT2D eigenvalue weighted by Gasteiger charge is 2.06. The molecule has 0 saturated carbocycles. The van der Waals surface area contributed by atoms with E-state index < -0.39 is 9.84 Å². The van der Waals surface area contributed by atoms with Crippen molar-refractivity contribution in [2.75, 3.05) is 30.9 Å². The highest BCUT2D eigenvalue weighted by atomic mass is 32.2. The maximum Gasteiger partial charge on any atom is 0.216 e. The summed E-state index contributed by atoms with van der Waals surface area (Å²) >= 11 is 1.84. The average molecular weight is 345 g/mol. The predicted molar refractivity (Wildman–Crippen MR) is 90.3 cm³/mol. The molecule has 0 aliphatic rings. The second-order valence-electron chi connectivity index (χ2n) is 4.89. The lowest BCUT2D eigenvalue weighted by molar-refractivity contribution is -0.118. The van der Waals surface area contributed by atoms with E-state index in [2.05, 4.69) is 5.32 Å². The van der Waals surface area contributed by atoms with Crippen LogP contribution in [0, 0.1) is 0 Å². The number of ether oxygens (including phenoxy) is 1. The Bertz CT molecular complexity index is 555. The van der Waals surface area contributed by atoms with Crippen LogP contribution in [0.3, 0.4) is 0 Å². The molecule has 1 amide bonds. The van der Waals surface area contributed by atoms with Gasteiger partial charge in [0.1, 0.15) is 5.75 Å². The van der Waals surface area contributed by atoms with E-state index in [1.54, 1.807) is 24.3 Å². The largest absolute Gasteiger partial charge is 0.494 e. The quantitative estimate of drug-likeness (QED) is 0.658. The van der Waals surface area contributed by atoms with Gasteiger partial charge >= 0.3 is 0 Å². The summed E-state index contributed by atoms with van der Waals surface area (Å²) in [6, 6.07) is 6.47. The molecule has 1 N–H and O–H groups in total. The standard InChI is InChI=1S/C15H23NO4S2/c1-13(17)16-9-3-11-21-12-4-10-20-14-5-7-15(8-6-14)22(2,18)19/h5-8H,3-4,9-12H2,1-2H3,(H,16,17). The number of benzene rings is 1. The number of hydrogen-bond acceptors (Lipinski definition) is 5. The Kier molecular flexibility index (Phi) is 8.34. The fourth-order valence-electron chi connectivity index (χ4n) is 1.67. The number of sulfone groups is 1. The number of amides is 1. The van der Waals surface area contributed by atoms with Crippen LogP contribution in [0.25, 0.3) is 0 Å². The Morgan fingerprint density at radius 1 is 1.18 bits per heavy atom. The molecule has 0 saturated heterocycles. The van der Waals surface area contributed by atoms with E-state index in [0.717, 1.165) is 30.9 Å². The number of nitrogens with one attached hydrogen (secondary N) is 1. The van der Waals surface area contributed by atoms with Crippen molar-refractivity contribution < 1.29 is 17.9 Å². The fourth-order valence-corrected chi connectivity index (χ4v) is 3.18. The number of thioether (sulfide) groups is 1. The van der Waals surface area contributed by atoms with Gasteiger partial charge in [-0.05, 0) is 48.6 Å². The molecule has 0 bridgehead atoms. The second-order valence-corrected chi connectivity index (χ2v) is 8.13. The molecule has 0 aliphatic heterocycles. The van der Waals surface area contributed by atoms with E-state index >= 15 is 0 Å². The molecule has 124 valence electrons. The summed E-state index contributed by atoms with van der Waals surface area (Å²) in [4.78, 5) is 11.0. The van der Waals surface area contributed by atoms with Crippen LogP contribution in [0.1, 0.15) is 19.8 Å². The third-order valence-corrected chi connectivity index (χ3v) is 5.08. The molecule has 0 radical (unpaired) electrons. The van der Waals surface area contributed by atoms with Crippen molar-refractivity contribution in [3.63, 3.8) is 0 Å². The van der Waals surface area contributed by atoms with Crippen molar-refractivity contribution in [2.24, 2.45) is 0 Å². The van der Waals surface area contributed by atoms with Crippen LogP contribution in [-0.4, -0.2) is 45.2 Å². The molecular formula is C15H23NO4S2. The maximum atomic E-state index is 11.3. The molecule has 0 atom stereocenters. The van der Waals surface area contributed by atoms with Gasteiger partial charge in [0.05, 0.1) is 11.5 Å². The normalized spacial score (nSPS) is 11.2. The lowest BCUT2D eigenvalue weighted by Crippen LogP contribution is -2.21. The van der Waals surface area contributed by atoms with Crippen molar-refractivity contribution in [1.29, 1.82) is 0 Å². The van der Waals surface area contributed by atoms with Crippen molar-refractivity contribution in [3.05, 3.63) is 24.3 Å². The minimum Gasteiger partial charge on any atom is -0.494 e. The lowest BCUT2D eigenvalue weighted by atomic mass is 10.3. The topological polar surface area (TPSA) is 72.5 Å². The van der Waals surface area contributed by atoms with Crippen LogP contribution >= 0.6 is 11.8 Å². The van der Waals surface area contributed by atoms with E-state index in [9.17, 15) is 13.2 Å². The molecule has 0 aliphatic carbocycles. The Morgan fingerprint density at radius 2 is 1.82 bits per heavy atom. The van der Waals surface area contributed by atoms with Crippen LogP contribution in [0.4, 0.5) is 0 Å². The number of hydrogen-bond donors (Lipinski definition) is 1. The summed E-state index contributed by atoms with van der Waals surface area (Å²) in [6.07, 6.45) is 3.09. The first kappa shape index (κ1) is 18.8. The van der Waals surface area contributed by atoms with Gasteiger partial charge in [-0.25, -0.2) is 8.42 Å². The van der Waals surface area contributed by atoms with E-state index in [-0.39, 0.29) is 5.91 Å². The Balaban J connectivity index is 2.09. The fraction of sp³-hybridized carbons (Fsp3) is 0.533. The summed E-state index contributed by atoms with van der Waals surface area (Å²) in [5.74, 6) is 2.72. The van der Waals surface area contributed by atoms with E-state index in [1.807, 2.05) is 11.8 Å². The van der Waals surface area contributed by atoms with Gasteiger partial charge in [-0.2, -0.15) is 11.8 Å². The molecule has 0 heterocycles. The van der Waals surface area contributed by atoms with Gasteiger partial charge in [-0.15, -0.1) is 0 Å². The van der Waals surface area contributed by atoms with Gasteiger partial charge in [0, 0.05) is 19.7 Å². The highest BCUT2D eigenvalue weighted by molar-refractivity contribution is 7.99. The van der Waals surface area contributed by atoms with Crippen molar-refractivity contribution in [2.45, 2.75) is 24.7 Å². The SMILES string of the molecule is CC(=O)NCCCSCCCOc1ccc(S(C)(=O)=O)cc1. The van der Waals surface area contributed by atoms with Crippen LogP contribution in [0.2, 0.25) is 0 Å². The summed E-state index contributed by atoms with van der Waals surface area (Å²) in [6.45, 7) is 2.86. The summed E-state index contributed by atoms with van der Waals surface area (Å²) < 4.78 is 28.2. The number of carbonyl (C=O) groups is 1. The summed E-state index contributed by atoms with van der Waals surface area (Å²) in [5, 5.41) is 2.76. The zero-order valence-electron chi connectivity index (χ0n) is 13.0. The van der Waals surface area contributed by atoms with Crippen molar-refractivity contribution in [3.8, 4) is 5.75 Å². The van der Waals surface area contributed by atoms with Crippen molar-refractivity contribution in [1.82, 2.24) is 5.32 Å². The minimum absolute atomic E-state index is 0.0142. The number of carbonyl (C=O) groups excluding carboxylic acids is 1. The molecule has 0 aromatic heterocycles. The molecule has 5 nitrogen and oxygen atoms in total. The van der Waals surface area contributed by atoms with Gasteiger partial charge in [0.15, 0.2) is 9.84 Å². The molecule has 1 rings (SSSR count). The lowest BCUT2D eigenvalue weighted by Gasteiger charge is -2.07. The molecule has 1 aromatic rings. The molecular weight excluding hydrogens is 322 g/mol. The summed E-state index contributed by atoms with van der Waals surface area (Å²) in [5.41, 5.74) is 0. The van der Waals surface area contributed by atoms with Gasteiger partial charge in [0.25, 0.3) is 0 Å². The van der Waals surface area contributed by atoms with Gasteiger partial charge < -0.3 is 10.1 Å². The smallest absolute Gasteiger partial charge is 0.216 e. The van der Waals surface area contributed by atoms with E-state index in [4.69, 9.17) is 4.74 Å². The molecule has 0 unspecified atom stereocenters. The first-order chi connectivity index (χ1) is 10.4. The average Bonchev–Trinajstić information content (AvgIpc) is 2.45. The van der Waals surface area contributed by atoms with Gasteiger partial charge in [-0.1, -0.05) is 0 Å². The second kappa shape index (κ2) is 9.74. The zero-order chi connectivity index (χ0) is 16.4. The van der Waals surface area contributed by atoms with Gasteiger partial charge in [-0.3, -0.25) is 4.79 Å². The van der Waals surface area contributed by atoms with Crippen LogP contribution < -0.4 is 10.1 Å². The Hall–Kier alpha value is -1.21. The molecule has 22 heavy (non-hydrogen) atoms. The zero-order valence-corrected chi connectivity index (χ0v) is 14.6. The first-order valence-electron chi connectivity index (χ1n) is 7.14. The van der Waals surface area contributed by atoms with Crippen molar-refractivity contribution >= 4 is 27.5 Å². The maximum absolute atomic E-state index is 11.3. The minimum atomic E-state index is -3.15. The number of rotatable bonds is 10. The van der Waals surface area contributed by atoms with E-state index in [0.29, 0.717) is 17.3 Å². The monoisotopic (exact) mass is 345 g/mol. The van der Waals surface area contributed by atoms with Gasteiger partial charge in [0.2, 0.25) is 5.91 Å². The Labute approximate surface area is 136 Å². The van der Waals surface area contributed by atoms with Crippen LogP contribution in [0.15, 0.2) is 29.2 Å². The van der Waals surface area contributed by atoms with E-state index in [1.165, 1.54) is 13.2 Å². The highest BCUT2D eigenvalue weighted by Crippen LogP contribution is 2.16. The third kappa shape index (κ3) is 8.29. The Morgan fingerprint density at radius 3 is 2.41 bits per heavy atom. The summed E-state index contributed by atoms with van der Waals surface area (Å²) in [7, 11) is -3.15. The first-order valence-corrected chi connectivity index (χ1v) is 10.2. The third-order valence-electron chi connectivity index (χ3n) is 2.79. The molecule has 1 aromatic carbocycles.